The van der Waals surface area contributed by atoms with E-state index in [0.29, 0.717) is 17.5 Å². The summed E-state index contributed by atoms with van der Waals surface area (Å²) >= 11 is 1.79. The zero-order chi connectivity index (χ0) is 44.0. The molecule has 0 aliphatic rings. The Hall–Kier alpha value is -8.57. The molecule has 0 saturated heterocycles. The zero-order valence-corrected chi connectivity index (χ0v) is 36.9. The third-order valence-electron chi connectivity index (χ3n) is 13.6. The smallest absolute Gasteiger partial charge is 0.164 e. The molecule has 0 saturated carbocycles. The zero-order valence-electron chi connectivity index (χ0n) is 36.1. The maximum Gasteiger partial charge on any atom is 0.164 e. The molecule has 310 valence electrons. The lowest BCUT2D eigenvalue weighted by Crippen LogP contribution is -2.01. The second-order valence-corrected chi connectivity index (χ2v) is 18.5. The molecule has 14 rings (SSSR count). The molecule has 0 atom stereocenters. The van der Waals surface area contributed by atoms with Gasteiger partial charge in [0.15, 0.2) is 17.5 Å². The normalized spacial score (nSPS) is 11.9. The predicted molar refractivity (Wildman–Crippen MR) is 284 cm³/mol. The molecule has 12 aromatic carbocycles. The van der Waals surface area contributed by atoms with Crippen LogP contribution in [0.15, 0.2) is 224 Å². The molecule has 0 aliphatic heterocycles. The Labute approximate surface area is 390 Å². The highest BCUT2D eigenvalue weighted by Gasteiger charge is 2.20. The fourth-order valence-electron chi connectivity index (χ4n) is 10.6. The lowest BCUT2D eigenvalue weighted by molar-refractivity contribution is 1.07. The second-order valence-electron chi connectivity index (χ2n) is 17.5. The lowest BCUT2D eigenvalue weighted by atomic mass is 9.86. The van der Waals surface area contributed by atoms with E-state index in [1.165, 1.54) is 85.2 Å². The van der Waals surface area contributed by atoms with Gasteiger partial charge in [-0.15, -0.1) is 11.3 Å². The Bertz CT molecular complexity index is 4230. The first-order chi connectivity index (χ1) is 33.2. The van der Waals surface area contributed by atoms with Crippen molar-refractivity contribution < 1.29 is 0 Å². The third-order valence-corrected chi connectivity index (χ3v) is 14.8. The van der Waals surface area contributed by atoms with Crippen LogP contribution in [0.1, 0.15) is 0 Å². The summed E-state index contributed by atoms with van der Waals surface area (Å²) in [4.78, 5) is 16.9. The Balaban J connectivity index is 0.925. The first-order valence-electron chi connectivity index (χ1n) is 22.7. The van der Waals surface area contributed by atoms with Crippen molar-refractivity contribution in [1.29, 1.82) is 0 Å². The van der Waals surface area contributed by atoms with Crippen molar-refractivity contribution in [2.75, 3.05) is 0 Å². The number of hydrogen-bond acceptors (Lipinski definition) is 4. The van der Waals surface area contributed by atoms with E-state index in [1.807, 2.05) is 18.2 Å². The van der Waals surface area contributed by atoms with Crippen LogP contribution in [-0.4, -0.2) is 15.0 Å². The van der Waals surface area contributed by atoms with Crippen LogP contribution in [0.2, 0.25) is 0 Å². The summed E-state index contributed by atoms with van der Waals surface area (Å²) in [6, 6.07) is 81.3. The Morgan fingerprint density at radius 3 is 1.37 bits per heavy atom. The van der Waals surface area contributed by atoms with Gasteiger partial charge in [0.1, 0.15) is 0 Å². The van der Waals surface area contributed by atoms with Crippen LogP contribution in [0.4, 0.5) is 0 Å². The molecule has 0 unspecified atom stereocenters. The van der Waals surface area contributed by atoms with Gasteiger partial charge in [-0.3, -0.25) is 0 Å². The largest absolute Gasteiger partial charge is 0.208 e. The quantitative estimate of drug-likeness (QED) is 0.156. The van der Waals surface area contributed by atoms with E-state index in [2.05, 4.69) is 206 Å². The molecule has 0 radical (unpaired) electrons. The minimum atomic E-state index is 0.632. The monoisotopic (exact) mass is 867 g/mol. The fourth-order valence-corrected chi connectivity index (χ4v) is 11.7. The van der Waals surface area contributed by atoms with E-state index in [-0.39, 0.29) is 0 Å². The summed E-state index contributed by atoms with van der Waals surface area (Å²) in [5.41, 5.74) is 8.45. The molecule has 0 bridgehead atoms. The number of fused-ring (bicyclic) bond motifs is 3. The van der Waals surface area contributed by atoms with Gasteiger partial charge >= 0.3 is 0 Å². The van der Waals surface area contributed by atoms with Crippen LogP contribution in [0.25, 0.3) is 142 Å². The van der Waals surface area contributed by atoms with E-state index in [9.17, 15) is 0 Å². The van der Waals surface area contributed by atoms with E-state index in [0.717, 1.165) is 38.9 Å². The maximum atomic E-state index is 5.31. The molecule has 2 aromatic heterocycles. The van der Waals surface area contributed by atoms with Crippen molar-refractivity contribution in [2.24, 2.45) is 0 Å². The third kappa shape index (κ3) is 6.07. The van der Waals surface area contributed by atoms with Gasteiger partial charge < -0.3 is 0 Å². The van der Waals surface area contributed by atoms with Gasteiger partial charge in [-0.1, -0.05) is 200 Å². The predicted octanol–water partition coefficient (Wildman–Crippen LogP) is 17.4. The summed E-state index contributed by atoms with van der Waals surface area (Å²) in [5.74, 6) is 1.91. The van der Waals surface area contributed by atoms with Crippen LogP contribution in [0.5, 0.6) is 0 Å². The van der Waals surface area contributed by atoms with Gasteiger partial charge in [-0.2, -0.15) is 0 Å². The maximum absolute atomic E-state index is 5.31. The van der Waals surface area contributed by atoms with E-state index in [1.54, 1.807) is 11.3 Å². The first kappa shape index (κ1) is 37.8. The van der Waals surface area contributed by atoms with Crippen LogP contribution in [0.3, 0.4) is 0 Å². The summed E-state index contributed by atoms with van der Waals surface area (Å²) in [5, 5.41) is 16.6. The highest BCUT2D eigenvalue weighted by atomic mass is 32.1. The summed E-state index contributed by atoms with van der Waals surface area (Å²) < 4.78 is 1.25. The van der Waals surface area contributed by atoms with Gasteiger partial charge in [0.25, 0.3) is 0 Å². The number of rotatable bonds is 6. The average Bonchev–Trinajstić information content (AvgIpc) is 3.84. The van der Waals surface area contributed by atoms with Crippen LogP contribution >= 0.6 is 11.3 Å². The summed E-state index contributed by atoms with van der Waals surface area (Å²) in [7, 11) is 0. The van der Waals surface area contributed by atoms with Crippen LogP contribution in [-0.2, 0) is 0 Å². The molecule has 0 amide bonds. The molecule has 0 N–H and O–H groups in total. The van der Waals surface area contributed by atoms with Crippen molar-refractivity contribution in [3.05, 3.63) is 224 Å². The number of hydrogen-bond donors (Lipinski definition) is 0. The van der Waals surface area contributed by atoms with Crippen LogP contribution in [0, 0.1) is 0 Å². The standard InChI is InChI=1S/C63H37N3S/c1-2-13-43(14-3-1)61-64-62(66-63(65-61)53-22-8-6-20-48(53)56-37-44-15-4-9-26-55(44)67-56)52-21-7-5-19-47(52)39-29-27-38(28-30-39)46-35-45-34-33-42-17-11-24-50-49-23-10-16-40-31-32-41-18-12-25-51(59(41)57(40)49)54(36-46)60(45)58(42)50/h1-37H. The minimum absolute atomic E-state index is 0.632. The molecular formula is C63H37N3S. The highest BCUT2D eigenvalue weighted by Crippen LogP contribution is 2.45. The number of nitrogens with zero attached hydrogens (tertiary/aromatic N) is 3. The molecular weight excluding hydrogens is 831 g/mol. The summed E-state index contributed by atoms with van der Waals surface area (Å²) in [6.45, 7) is 0. The average molecular weight is 868 g/mol. The molecule has 14 aromatic rings. The fraction of sp³-hybridized carbons (Fsp3) is 0. The molecule has 3 nitrogen and oxygen atoms in total. The van der Waals surface area contributed by atoms with E-state index >= 15 is 0 Å². The van der Waals surface area contributed by atoms with Crippen molar-refractivity contribution in [3.63, 3.8) is 0 Å². The Kier molecular flexibility index (Phi) is 8.45. The molecule has 2 heterocycles. The Morgan fingerprint density at radius 2 is 0.731 bits per heavy atom. The molecule has 0 spiro atoms. The summed E-state index contributed by atoms with van der Waals surface area (Å²) in [6.07, 6.45) is 0. The topological polar surface area (TPSA) is 38.7 Å². The van der Waals surface area contributed by atoms with Gasteiger partial charge in [0.2, 0.25) is 0 Å². The minimum Gasteiger partial charge on any atom is -0.208 e. The van der Waals surface area contributed by atoms with Gasteiger partial charge in [0.05, 0.1) is 0 Å². The molecule has 0 fully saturated rings. The number of aromatic nitrogens is 3. The van der Waals surface area contributed by atoms with Crippen molar-refractivity contribution in [1.82, 2.24) is 15.0 Å². The van der Waals surface area contributed by atoms with Gasteiger partial charge in [-0.25, -0.2) is 15.0 Å². The van der Waals surface area contributed by atoms with E-state index in [4.69, 9.17) is 15.0 Å². The first-order valence-corrected chi connectivity index (χ1v) is 23.6. The molecule has 67 heavy (non-hydrogen) atoms. The number of benzene rings is 11. The van der Waals surface area contributed by atoms with Crippen LogP contribution < -0.4 is 0 Å². The Morgan fingerprint density at radius 1 is 0.254 bits per heavy atom. The highest BCUT2D eigenvalue weighted by molar-refractivity contribution is 7.22. The molecule has 0 aliphatic carbocycles. The van der Waals surface area contributed by atoms with Gasteiger partial charge in [0, 0.05) is 31.8 Å². The van der Waals surface area contributed by atoms with E-state index < -0.39 is 0 Å². The van der Waals surface area contributed by atoms with Gasteiger partial charge in [-0.05, 0) is 117 Å². The SMILES string of the molecule is c1ccc(-c2nc(-c3ccccc3-c3ccc(-c4cc5ccc6cccc7c8cccc9ccc%10cccc(c(c4)c5c67)c%10c98)cc3)nc(-c3ccccc3-c3cc4ccccc4s3)n2)cc1. The number of thiophene rings is 1. The molecule has 4 heteroatoms. The van der Waals surface area contributed by atoms with Crippen molar-refractivity contribution in [2.45, 2.75) is 0 Å². The lowest BCUT2D eigenvalue weighted by Gasteiger charge is -2.17. The van der Waals surface area contributed by atoms with Crippen molar-refractivity contribution >= 4 is 86.1 Å². The van der Waals surface area contributed by atoms with Crippen molar-refractivity contribution in [3.8, 4) is 66.9 Å². The second kappa shape index (κ2) is 15.0.